The quantitative estimate of drug-likeness (QED) is 0.579. The average Bonchev–Trinajstić information content (AvgIpc) is 1.88. The maximum absolute atomic E-state index is 5.17. The summed E-state index contributed by atoms with van der Waals surface area (Å²) in [7, 11) is 0. The van der Waals surface area contributed by atoms with E-state index in [9.17, 15) is 0 Å². The molecule has 9 heavy (non-hydrogen) atoms. The van der Waals surface area contributed by atoms with Gasteiger partial charge >= 0.3 is 0 Å². The van der Waals surface area contributed by atoms with Crippen LogP contribution in [-0.2, 0) is 4.74 Å². The minimum Gasteiger partial charge on any atom is -0.471 e. The van der Waals surface area contributed by atoms with Gasteiger partial charge in [-0.3, -0.25) is 0 Å². The van der Waals surface area contributed by atoms with Crippen molar-refractivity contribution in [3.63, 3.8) is 0 Å². The Morgan fingerprint density at radius 1 is 1.56 bits per heavy atom. The van der Waals surface area contributed by atoms with Crippen LogP contribution in [0, 0.1) is 0 Å². The largest absolute Gasteiger partial charge is 0.471 e. The maximum atomic E-state index is 5.17. The highest BCUT2D eigenvalue weighted by Crippen LogP contribution is 1.80. The molecule has 0 radical (unpaired) electrons. The molecular formula is C7H15NO. The van der Waals surface area contributed by atoms with E-state index in [1.165, 1.54) is 12.5 Å². The van der Waals surface area contributed by atoms with Crippen molar-refractivity contribution in [3.05, 3.63) is 24.8 Å². The van der Waals surface area contributed by atoms with Crippen molar-refractivity contribution in [1.82, 2.24) is 0 Å². The first-order chi connectivity index (χ1) is 4.27. The van der Waals surface area contributed by atoms with Gasteiger partial charge in [-0.2, -0.15) is 0 Å². The first-order valence-corrected chi connectivity index (χ1v) is 2.96. The summed E-state index contributed by atoms with van der Waals surface area (Å²) < 4.78 is 4.57. The third-order valence-electron chi connectivity index (χ3n) is 0.350. The molecule has 0 atom stereocenters. The predicted molar refractivity (Wildman–Crippen MR) is 40.6 cm³/mol. The summed E-state index contributed by atoms with van der Waals surface area (Å²) in [6.07, 6.45) is 2.74. The second kappa shape index (κ2) is 10.1. The number of ether oxygens (including phenoxy) is 1. The second-order valence-corrected chi connectivity index (χ2v) is 1.16. The van der Waals surface area contributed by atoms with Crippen LogP contribution in [0.1, 0.15) is 20.8 Å². The van der Waals surface area contributed by atoms with Gasteiger partial charge in [0.2, 0.25) is 0 Å². The number of hydrogen-bond acceptors (Lipinski definition) is 2. The van der Waals surface area contributed by atoms with Crippen molar-refractivity contribution in [1.29, 1.82) is 0 Å². The van der Waals surface area contributed by atoms with Gasteiger partial charge in [-0.05, 0) is 6.92 Å². The van der Waals surface area contributed by atoms with E-state index in [0.29, 0.717) is 5.70 Å². The summed E-state index contributed by atoms with van der Waals surface area (Å²) in [5.41, 5.74) is 5.81. The average molecular weight is 129 g/mol. The molecule has 54 valence electrons. The van der Waals surface area contributed by atoms with Crippen LogP contribution >= 0.6 is 0 Å². The first kappa shape index (κ1) is 11.0. The normalized spacial score (nSPS) is 9.00. The molecule has 0 saturated heterocycles. The molecule has 0 bridgehead atoms. The van der Waals surface area contributed by atoms with Crippen LogP contribution in [0.3, 0.4) is 0 Å². The highest BCUT2D eigenvalue weighted by Gasteiger charge is 1.69. The van der Waals surface area contributed by atoms with E-state index in [1.807, 2.05) is 13.8 Å². The molecule has 0 saturated carbocycles. The van der Waals surface area contributed by atoms with Gasteiger partial charge in [0.25, 0.3) is 0 Å². The maximum Gasteiger partial charge on any atom is 0.108 e. The smallest absolute Gasteiger partial charge is 0.108 e. The standard InChI is InChI=1S/C5H9NO.C2H6/c1-3-7-4-5(2)6;1-2/h3-4H,1,6H2,2H3;1-2H3/b5-4-;. The summed E-state index contributed by atoms with van der Waals surface area (Å²) in [5, 5.41) is 0. The lowest BCUT2D eigenvalue weighted by Gasteiger charge is -1.87. The molecule has 2 heteroatoms. The fourth-order valence-electron chi connectivity index (χ4n) is 0.155. The molecule has 0 aliphatic heterocycles. The molecule has 0 aliphatic carbocycles. The molecule has 2 N–H and O–H groups in total. The molecule has 0 aromatic heterocycles. The number of rotatable bonds is 2. The minimum atomic E-state index is 0.639. The number of hydrogen-bond donors (Lipinski definition) is 1. The highest BCUT2D eigenvalue weighted by molar-refractivity contribution is 4.85. The van der Waals surface area contributed by atoms with Crippen molar-refractivity contribution in [2.45, 2.75) is 20.8 Å². The molecule has 0 fully saturated rings. The summed E-state index contributed by atoms with van der Waals surface area (Å²) >= 11 is 0. The predicted octanol–water partition coefficient (Wildman–Crippen LogP) is 1.99. The zero-order chi connectivity index (χ0) is 7.70. The van der Waals surface area contributed by atoms with Crippen LogP contribution in [0.5, 0.6) is 0 Å². The van der Waals surface area contributed by atoms with Gasteiger partial charge in [0.1, 0.15) is 6.26 Å². The van der Waals surface area contributed by atoms with Crippen LogP contribution < -0.4 is 5.73 Å². The first-order valence-electron chi connectivity index (χ1n) is 2.96. The topological polar surface area (TPSA) is 35.2 Å². The van der Waals surface area contributed by atoms with Gasteiger partial charge in [-0.15, -0.1) is 0 Å². The Labute approximate surface area is 57.0 Å². The van der Waals surface area contributed by atoms with Gasteiger partial charge in [0, 0.05) is 5.70 Å². The molecule has 0 aliphatic rings. The molecular weight excluding hydrogens is 114 g/mol. The van der Waals surface area contributed by atoms with Crippen LogP contribution in [-0.4, -0.2) is 0 Å². The Hall–Kier alpha value is -0.920. The molecule has 0 rings (SSSR count). The van der Waals surface area contributed by atoms with Crippen molar-refractivity contribution >= 4 is 0 Å². The van der Waals surface area contributed by atoms with Crippen LogP contribution in [0.4, 0.5) is 0 Å². The summed E-state index contributed by atoms with van der Waals surface area (Å²) in [6, 6.07) is 0. The molecule has 0 aromatic rings. The summed E-state index contributed by atoms with van der Waals surface area (Å²) in [6.45, 7) is 9.05. The zero-order valence-electron chi connectivity index (χ0n) is 6.35. The van der Waals surface area contributed by atoms with E-state index in [2.05, 4.69) is 11.3 Å². The Morgan fingerprint density at radius 3 is 2.11 bits per heavy atom. The summed E-state index contributed by atoms with van der Waals surface area (Å²) in [5.74, 6) is 0. The Morgan fingerprint density at radius 2 is 2.00 bits per heavy atom. The van der Waals surface area contributed by atoms with Gasteiger partial charge in [0.15, 0.2) is 0 Å². The van der Waals surface area contributed by atoms with Gasteiger partial charge in [-0.25, -0.2) is 0 Å². The van der Waals surface area contributed by atoms with Crippen molar-refractivity contribution in [3.8, 4) is 0 Å². The van der Waals surface area contributed by atoms with Crippen molar-refractivity contribution in [2.75, 3.05) is 0 Å². The third kappa shape index (κ3) is 19.3. The zero-order valence-corrected chi connectivity index (χ0v) is 6.35. The number of nitrogens with two attached hydrogens (primary N) is 1. The SMILES string of the molecule is C=CO/C=C(/C)N.CC. The Bertz CT molecular complexity index is 82.9. The highest BCUT2D eigenvalue weighted by atomic mass is 16.5. The molecule has 0 spiro atoms. The molecule has 0 amide bonds. The van der Waals surface area contributed by atoms with Crippen molar-refractivity contribution in [2.24, 2.45) is 5.73 Å². The lowest BCUT2D eigenvalue weighted by Crippen LogP contribution is -1.89. The molecule has 0 aromatic carbocycles. The molecule has 0 unspecified atom stereocenters. The Kier molecular flexibility index (Phi) is 12.3. The lowest BCUT2D eigenvalue weighted by atomic mass is 10.6. The van der Waals surface area contributed by atoms with Gasteiger partial charge < -0.3 is 10.5 Å². The fourth-order valence-corrected chi connectivity index (χ4v) is 0.155. The van der Waals surface area contributed by atoms with Gasteiger partial charge in [-0.1, -0.05) is 20.4 Å². The van der Waals surface area contributed by atoms with Crippen LogP contribution in [0.2, 0.25) is 0 Å². The van der Waals surface area contributed by atoms with Crippen molar-refractivity contribution < 1.29 is 4.74 Å². The second-order valence-electron chi connectivity index (χ2n) is 1.16. The minimum absolute atomic E-state index is 0.639. The third-order valence-corrected chi connectivity index (χ3v) is 0.350. The van der Waals surface area contributed by atoms with E-state index < -0.39 is 0 Å². The summed E-state index contributed by atoms with van der Waals surface area (Å²) in [4.78, 5) is 0. The monoisotopic (exact) mass is 129 g/mol. The van der Waals surface area contributed by atoms with E-state index in [4.69, 9.17) is 5.73 Å². The van der Waals surface area contributed by atoms with Crippen LogP contribution in [0.15, 0.2) is 24.8 Å². The molecule has 0 heterocycles. The Balaban J connectivity index is 0. The number of allylic oxidation sites excluding steroid dienone is 1. The lowest BCUT2D eigenvalue weighted by molar-refractivity contribution is 0.399. The van der Waals surface area contributed by atoms with E-state index in [0.717, 1.165) is 0 Å². The van der Waals surface area contributed by atoms with E-state index in [1.54, 1.807) is 6.92 Å². The van der Waals surface area contributed by atoms with E-state index >= 15 is 0 Å². The van der Waals surface area contributed by atoms with Crippen LogP contribution in [0.25, 0.3) is 0 Å². The van der Waals surface area contributed by atoms with Gasteiger partial charge in [0.05, 0.1) is 6.26 Å². The van der Waals surface area contributed by atoms with E-state index in [-0.39, 0.29) is 0 Å². The fraction of sp³-hybridized carbons (Fsp3) is 0.429. The molecule has 2 nitrogen and oxygen atoms in total.